The molecular formula is C14H20N2O3. The lowest BCUT2D eigenvalue weighted by Crippen LogP contribution is -2.31. The first kappa shape index (κ1) is 13.8. The zero-order valence-corrected chi connectivity index (χ0v) is 11.5. The number of amides is 1. The molecule has 104 valence electrons. The third-order valence-electron chi connectivity index (χ3n) is 3.46. The number of hydrogen-bond donors (Lipinski definition) is 1. The van der Waals surface area contributed by atoms with Gasteiger partial charge < -0.3 is 14.6 Å². The fraction of sp³-hybridized carbons (Fsp3) is 0.571. The minimum Gasteiger partial charge on any atom is -0.383 e. The van der Waals surface area contributed by atoms with Gasteiger partial charge in [-0.15, -0.1) is 0 Å². The van der Waals surface area contributed by atoms with E-state index in [0.717, 1.165) is 29.8 Å². The van der Waals surface area contributed by atoms with Crippen molar-refractivity contribution in [3.05, 3.63) is 23.0 Å². The minimum absolute atomic E-state index is 0.0448. The van der Waals surface area contributed by atoms with E-state index in [-0.39, 0.29) is 18.2 Å². The van der Waals surface area contributed by atoms with Crippen LogP contribution in [0.5, 0.6) is 0 Å². The molecule has 0 unspecified atom stereocenters. The lowest BCUT2D eigenvalue weighted by atomic mass is 9.97. The molecule has 1 heterocycles. The molecule has 1 N–H and O–H groups in total. The molecule has 0 spiro atoms. The second kappa shape index (κ2) is 6.02. The highest BCUT2D eigenvalue weighted by Crippen LogP contribution is 2.24. The summed E-state index contributed by atoms with van der Waals surface area (Å²) in [5.41, 5.74) is 2.78. The number of aryl methyl sites for hydroxylation is 1. The normalized spacial score (nSPS) is 14.3. The Morgan fingerprint density at radius 3 is 3.00 bits per heavy atom. The summed E-state index contributed by atoms with van der Waals surface area (Å²) in [6, 6.07) is 1.90. The van der Waals surface area contributed by atoms with Crippen LogP contribution in [0.25, 0.3) is 0 Å². The molecule has 19 heavy (non-hydrogen) atoms. The molecule has 2 rings (SSSR count). The van der Waals surface area contributed by atoms with Gasteiger partial charge in [0.1, 0.15) is 6.54 Å². The second-order valence-electron chi connectivity index (χ2n) is 4.85. The van der Waals surface area contributed by atoms with Gasteiger partial charge >= 0.3 is 0 Å². The van der Waals surface area contributed by atoms with Crippen molar-refractivity contribution in [2.45, 2.75) is 32.7 Å². The van der Waals surface area contributed by atoms with Crippen molar-refractivity contribution < 1.29 is 14.3 Å². The maximum atomic E-state index is 11.8. The third kappa shape index (κ3) is 3.04. The van der Waals surface area contributed by atoms with Crippen LogP contribution >= 0.6 is 0 Å². The Morgan fingerprint density at radius 2 is 2.26 bits per heavy atom. The van der Waals surface area contributed by atoms with Gasteiger partial charge in [-0.05, 0) is 25.8 Å². The fourth-order valence-corrected chi connectivity index (χ4v) is 2.50. The lowest BCUT2D eigenvalue weighted by molar-refractivity contribution is -0.121. The average molecular weight is 264 g/mol. The van der Waals surface area contributed by atoms with Gasteiger partial charge in [-0.3, -0.25) is 9.59 Å². The van der Waals surface area contributed by atoms with Gasteiger partial charge in [-0.25, -0.2) is 0 Å². The van der Waals surface area contributed by atoms with E-state index in [0.29, 0.717) is 19.6 Å². The van der Waals surface area contributed by atoms with E-state index in [1.54, 1.807) is 7.11 Å². The molecule has 1 aliphatic rings. The quantitative estimate of drug-likeness (QED) is 0.809. The standard InChI is InChI=1S/C14H20N2O3/c1-10-8-11-12(4-3-5-13(11)17)16(10)9-14(18)15-6-7-19-2/h8H,3-7,9H2,1-2H3,(H,15,18). The maximum absolute atomic E-state index is 11.8. The van der Waals surface area contributed by atoms with Crippen molar-refractivity contribution in [3.63, 3.8) is 0 Å². The molecule has 0 radical (unpaired) electrons. The van der Waals surface area contributed by atoms with Crippen LogP contribution in [0.3, 0.4) is 0 Å². The van der Waals surface area contributed by atoms with Crippen LogP contribution in [0.4, 0.5) is 0 Å². The van der Waals surface area contributed by atoms with Gasteiger partial charge in [0.15, 0.2) is 5.78 Å². The number of Topliss-reactive ketones (excluding diaryl/α,β-unsaturated/α-hetero) is 1. The number of rotatable bonds is 5. The second-order valence-corrected chi connectivity index (χ2v) is 4.85. The molecule has 0 saturated heterocycles. The van der Waals surface area contributed by atoms with Crippen LogP contribution in [0.15, 0.2) is 6.07 Å². The molecule has 5 nitrogen and oxygen atoms in total. The molecule has 0 aliphatic heterocycles. The lowest BCUT2D eigenvalue weighted by Gasteiger charge is -2.15. The van der Waals surface area contributed by atoms with Crippen LogP contribution < -0.4 is 5.32 Å². The molecule has 0 saturated carbocycles. The van der Waals surface area contributed by atoms with Crippen LogP contribution in [-0.4, -0.2) is 36.5 Å². The van der Waals surface area contributed by atoms with Crippen LogP contribution in [0.2, 0.25) is 0 Å². The summed E-state index contributed by atoms with van der Waals surface area (Å²) in [4.78, 5) is 23.6. The van der Waals surface area contributed by atoms with Crippen LogP contribution in [-0.2, 0) is 22.5 Å². The summed E-state index contributed by atoms with van der Waals surface area (Å²) in [5.74, 6) is 0.152. The monoisotopic (exact) mass is 264 g/mol. The van der Waals surface area contributed by atoms with E-state index < -0.39 is 0 Å². The first-order valence-corrected chi connectivity index (χ1v) is 6.61. The number of nitrogens with zero attached hydrogens (tertiary/aromatic N) is 1. The van der Waals surface area contributed by atoms with E-state index in [1.165, 1.54) is 0 Å². The van der Waals surface area contributed by atoms with Crippen molar-refractivity contribution in [1.29, 1.82) is 0 Å². The average Bonchev–Trinajstić information content (AvgIpc) is 2.69. The van der Waals surface area contributed by atoms with Gasteiger partial charge in [0.2, 0.25) is 5.91 Å². The van der Waals surface area contributed by atoms with Crippen molar-refractivity contribution in [1.82, 2.24) is 9.88 Å². The van der Waals surface area contributed by atoms with E-state index in [4.69, 9.17) is 4.74 Å². The summed E-state index contributed by atoms with van der Waals surface area (Å²) in [7, 11) is 1.60. The van der Waals surface area contributed by atoms with Crippen molar-refractivity contribution in [2.75, 3.05) is 20.3 Å². The Morgan fingerprint density at radius 1 is 1.47 bits per heavy atom. The molecule has 1 aromatic rings. The predicted octanol–water partition coefficient (Wildman–Crippen LogP) is 1.08. The number of ether oxygens (including phenoxy) is 1. The summed E-state index contributed by atoms with van der Waals surface area (Å²) in [6.45, 7) is 3.23. The number of fused-ring (bicyclic) bond motifs is 1. The number of methoxy groups -OCH3 is 1. The van der Waals surface area contributed by atoms with Gasteiger partial charge in [-0.2, -0.15) is 0 Å². The number of ketones is 1. The first-order chi connectivity index (χ1) is 9.13. The Bertz CT molecular complexity index is 491. The smallest absolute Gasteiger partial charge is 0.240 e. The Balaban J connectivity index is 2.08. The molecule has 5 heteroatoms. The van der Waals surface area contributed by atoms with Crippen LogP contribution in [0.1, 0.15) is 34.6 Å². The zero-order valence-electron chi connectivity index (χ0n) is 11.5. The van der Waals surface area contributed by atoms with Crippen LogP contribution in [0, 0.1) is 6.92 Å². The summed E-state index contributed by atoms with van der Waals surface area (Å²) in [5, 5.41) is 2.80. The highest BCUT2D eigenvalue weighted by molar-refractivity contribution is 5.98. The van der Waals surface area contributed by atoms with E-state index in [2.05, 4.69) is 5.32 Å². The number of nitrogens with one attached hydrogen (secondary N) is 1. The Kier molecular flexibility index (Phi) is 4.37. The summed E-state index contributed by atoms with van der Waals surface area (Å²) in [6.07, 6.45) is 2.37. The number of hydrogen-bond acceptors (Lipinski definition) is 3. The topological polar surface area (TPSA) is 60.3 Å². The first-order valence-electron chi connectivity index (χ1n) is 6.61. The van der Waals surface area contributed by atoms with Gasteiger partial charge in [0.05, 0.1) is 6.61 Å². The van der Waals surface area contributed by atoms with Gasteiger partial charge in [0.25, 0.3) is 0 Å². The highest BCUT2D eigenvalue weighted by Gasteiger charge is 2.23. The molecule has 0 bridgehead atoms. The highest BCUT2D eigenvalue weighted by atomic mass is 16.5. The van der Waals surface area contributed by atoms with Gasteiger partial charge in [-0.1, -0.05) is 0 Å². The zero-order chi connectivity index (χ0) is 13.8. The van der Waals surface area contributed by atoms with E-state index >= 15 is 0 Å². The molecule has 0 fully saturated rings. The SMILES string of the molecule is COCCNC(=O)Cn1c(C)cc2c1CCCC2=O. The fourth-order valence-electron chi connectivity index (χ4n) is 2.50. The maximum Gasteiger partial charge on any atom is 0.240 e. The van der Waals surface area contributed by atoms with Gasteiger partial charge in [0, 0.05) is 37.0 Å². The van der Waals surface area contributed by atoms with Crippen molar-refractivity contribution in [3.8, 4) is 0 Å². The molecule has 0 atom stereocenters. The molecule has 1 aliphatic carbocycles. The third-order valence-corrected chi connectivity index (χ3v) is 3.46. The van der Waals surface area contributed by atoms with Crippen molar-refractivity contribution >= 4 is 11.7 Å². The molecule has 1 aromatic heterocycles. The molecular weight excluding hydrogens is 244 g/mol. The predicted molar refractivity (Wildman–Crippen MR) is 71.3 cm³/mol. The number of aromatic nitrogens is 1. The van der Waals surface area contributed by atoms with Crippen molar-refractivity contribution in [2.24, 2.45) is 0 Å². The summed E-state index contributed by atoms with van der Waals surface area (Å²) < 4.78 is 6.84. The minimum atomic E-state index is -0.0448. The number of carbonyl (C=O) groups excluding carboxylic acids is 2. The Labute approximate surface area is 112 Å². The largest absolute Gasteiger partial charge is 0.383 e. The van der Waals surface area contributed by atoms with E-state index in [1.807, 2.05) is 17.6 Å². The summed E-state index contributed by atoms with van der Waals surface area (Å²) >= 11 is 0. The molecule has 1 amide bonds. The molecule has 0 aromatic carbocycles. The number of carbonyl (C=O) groups is 2. The van der Waals surface area contributed by atoms with E-state index in [9.17, 15) is 9.59 Å². The Hall–Kier alpha value is -1.62.